The number of allylic oxidation sites excluding steroid dienone is 2. The van der Waals surface area contributed by atoms with Crippen molar-refractivity contribution >= 4 is 14.2 Å². The Morgan fingerprint density at radius 1 is 1.31 bits per heavy atom. The van der Waals surface area contributed by atoms with E-state index in [2.05, 4.69) is 51.0 Å². The standard InChI is InChI=1S/C21H37NO3Si/c1-17(2)11-9-13-21(24,14-16-26(6,7)8)18-12-10-15-22(18)19(23)25-20(3,4)5/h11,18,24H,9-10,12-13,15H2,1-8H3/t18-,21+/m1/s1. The van der Waals surface area contributed by atoms with Crippen molar-refractivity contribution in [2.75, 3.05) is 6.54 Å². The summed E-state index contributed by atoms with van der Waals surface area (Å²) in [5, 5.41) is 11.5. The topological polar surface area (TPSA) is 49.8 Å². The Bertz CT molecular complexity index is 585. The van der Waals surface area contributed by atoms with E-state index in [4.69, 9.17) is 4.74 Å². The Morgan fingerprint density at radius 3 is 2.42 bits per heavy atom. The fourth-order valence-electron chi connectivity index (χ4n) is 2.99. The second kappa shape index (κ2) is 8.62. The summed E-state index contributed by atoms with van der Waals surface area (Å²) in [6.07, 6.45) is 4.66. The highest BCUT2D eigenvalue weighted by Gasteiger charge is 2.44. The maximum Gasteiger partial charge on any atom is 0.410 e. The van der Waals surface area contributed by atoms with Crippen LogP contribution in [0.25, 0.3) is 0 Å². The summed E-state index contributed by atoms with van der Waals surface area (Å²) >= 11 is 0. The van der Waals surface area contributed by atoms with Gasteiger partial charge in [-0.3, -0.25) is 0 Å². The maximum atomic E-state index is 12.6. The molecule has 148 valence electrons. The minimum Gasteiger partial charge on any atom is -0.444 e. The number of rotatable bonds is 4. The Kier molecular flexibility index (Phi) is 7.56. The van der Waals surface area contributed by atoms with Crippen LogP contribution in [0.1, 0.15) is 60.3 Å². The van der Waals surface area contributed by atoms with Crippen molar-refractivity contribution in [3.8, 4) is 11.5 Å². The number of carbonyl (C=O) groups excluding carboxylic acids is 1. The molecule has 0 aliphatic carbocycles. The first kappa shape index (κ1) is 22.8. The van der Waals surface area contributed by atoms with E-state index in [1.807, 2.05) is 20.8 Å². The first-order valence-electron chi connectivity index (χ1n) is 9.63. The summed E-state index contributed by atoms with van der Waals surface area (Å²) in [5.41, 5.74) is 2.81. The molecule has 1 rings (SSSR count). The summed E-state index contributed by atoms with van der Waals surface area (Å²) in [7, 11) is -1.64. The van der Waals surface area contributed by atoms with Gasteiger partial charge < -0.3 is 14.7 Å². The van der Waals surface area contributed by atoms with Gasteiger partial charge in [-0.25, -0.2) is 4.79 Å². The number of hydrogen-bond donors (Lipinski definition) is 1. The molecule has 4 nitrogen and oxygen atoms in total. The van der Waals surface area contributed by atoms with Crippen LogP contribution in [-0.4, -0.2) is 48.0 Å². The van der Waals surface area contributed by atoms with Crippen molar-refractivity contribution in [3.05, 3.63) is 11.6 Å². The van der Waals surface area contributed by atoms with Crippen molar-refractivity contribution in [2.24, 2.45) is 0 Å². The summed E-state index contributed by atoms with van der Waals surface area (Å²) in [6.45, 7) is 16.8. The summed E-state index contributed by atoms with van der Waals surface area (Å²) in [6, 6.07) is -0.313. The summed E-state index contributed by atoms with van der Waals surface area (Å²) < 4.78 is 5.56. The van der Waals surface area contributed by atoms with Crippen LogP contribution >= 0.6 is 0 Å². The second-order valence-electron chi connectivity index (χ2n) is 9.58. The van der Waals surface area contributed by atoms with E-state index in [1.54, 1.807) is 4.90 Å². The molecule has 1 N–H and O–H groups in total. The molecule has 0 spiro atoms. The van der Waals surface area contributed by atoms with Crippen LogP contribution in [0.3, 0.4) is 0 Å². The average Bonchev–Trinajstić information content (AvgIpc) is 2.92. The van der Waals surface area contributed by atoms with E-state index < -0.39 is 19.3 Å². The summed E-state index contributed by atoms with van der Waals surface area (Å²) in [5.74, 6) is 3.19. The fraction of sp³-hybridized carbons (Fsp3) is 0.762. The molecule has 5 heteroatoms. The molecule has 0 saturated carbocycles. The second-order valence-corrected chi connectivity index (χ2v) is 14.3. The van der Waals surface area contributed by atoms with E-state index in [0.717, 1.165) is 19.3 Å². The maximum absolute atomic E-state index is 12.6. The van der Waals surface area contributed by atoms with Crippen molar-refractivity contribution in [1.29, 1.82) is 0 Å². The van der Waals surface area contributed by atoms with Crippen molar-refractivity contribution < 1.29 is 14.6 Å². The van der Waals surface area contributed by atoms with Crippen LogP contribution in [0.5, 0.6) is 0 Å². The molecule has 1 fully saturated rings. The molecular weight excluding hydrogens is 342 g/mol. The van der Waals surface area contributed by atoms with Crippen LogP contribution < -0.4 is 0 Å². The van der Waals surface area contributed by atoms with Gasteiger partial charge in [0.15, 0.2) is 0 Å². The smallest absolute Gasteiger partial charge is 0.410 e. The monoisotopic (exact) mass is 379 g/mol. The molecule has 0 unspecified atom stereocenters. The number of nitrogens with zero attached hydrogens (tertiary/aromatic N) is 1. The first-order chi connectivity index (χ1) is 11.7. The molecule has 0 aromatic carbocycles. The third-order valence-electron chi connectivity index (χ3n) is 4.16. The highest BCUT2D eigenvalue weighted by Crippen LogP contribution is 2.32. The lowest BCUT2D eigenvalue weighted by Gasteiger charge is -2.36. The lowest BCUT2D eigenvalue weighted by molar-refractivity contribution is -0.0175. The van der Waals surface area contributed by atoms with E-state index in [9.17, 15) is 9.90 Å². The number of carbonyl (C=O) groups is 1. The quantitative estimate of drug-likeness (QED) is 0.436. The molecule has 0 aromatic rings. The molecule has 1 saturated heterocycles. The van der Waals surface area contributed by atoms with Gasteiger partial charge in [0.2, 0.25) is 0 Å². The molecular formula is C21H37NO3Si. The number of hydrogen-bond acceptors (Lipinski definition) is 3. The minimum absolute atomic E-state index is 0.313. The van der Waals surface area contributed by atoms with Gasteiger partial charge in [-0.2, -0.15) is 0 Å². The molecule has 1 heterocycles. The molecule has 0 bridgehead atoms. The zero-order valence-electron chi connectivity index (χ0n) is 17.9. The first-order valence-corrected chi connectivity index (χ1v) is 13.1. The number of ether oxygens (including phenoxy) is 1. The van der Waals surface area contributed by atoms with Gasteiger partial charge in [0.25, 0.3) is 0 Å². The Morgan fingerprint density at radius 2 is 1.92 bits per heavy atom. The van der Waals surface area contributed by atoms with Gasteiger partial charge in [0, 0.05) is 6.54 Å². The van der Waals surface area contributed by atoms with Gasteiger partial charge in [-0.05, 0) is 60.3 Å². The van der Waals surface area contributed by atoms with Crippen LogP contribution in [0.2, 0.25) is 19.6 Å². The van der Waals surface area contributed by atoms with Crippen LogP contribution in [0.4, 0.5) is 4.79 Å². The van der Waals surface area contributed by atoms with Gasteiger partial charge >= 0.3 is 6.09 Å². The van der Waals surface area contributed by atoms with E-state index in [-0.39, 0.29) is 12.1 Å². The zero-order valence-corrected chi connectivity index (χ0v) is 18.9. The van der Waals surface area contributed by atoms with Crippen LogP contribution in [-0.2, 0) is 4.74 Å². The number of aliphatic hydroxyl groups is 1. The van der Waals surface area contributed by atoms with Gasteiger partial charge in [0.1, 0.15) is 19.3 Å². The van der Waals surface area contributed by atoms with Gasteiger partial charge in [0.05, 0.1) is 6.04 Å². The van der Waals surface area contributed by atoms with E-state index >= 15 is 0 Å². The third kappa shape index (κ3) is 7.55. The van der Waals surface area contributed by atoms with Crippen molar-refractivity contribution in [3.63, 3.8) is 0 Å². The average molecular weight is 380 g/mol. The highest BCUT2D eigenvalue weighted by atomic mass is 28.3. The van der Waals surface area contributed by atoms with E-state index in [1.165, 1.54) is 5.57 Å². The normalized spacial score (nSPS) is 20.0. The van der Waals surface area contributed by atoms with Crippen molar-refractivity contribution in [2.45, 2.75) is 97.2 Å². The highest BCUT2D eigenvalue weighted by molar-refractivity contribution is 6.83. The zero-order chi connectivity index (χ0) is 20.2. The Hall–Kier alpha value is -1.25. The lowest BCUT2D eigenvalue weighted by Crippen LogP contribution is -2.52. The van der Waals surface area contributed by atoms with Crippen LogP contribution in [0.15, 0.2) is 11.6 Å². The molecule has 0 radical (unpaired) electrons. The molecule has 2 atom stereocenters. The van der Waals surface area contributed by atoms with E-state index in [0.29, 0.717) is 13.0 Å². The number of likely N-dealkylation sites (tertiary alicyclic amines) is 1. The van der Waals surface area contributed by atoms with Crippen molar-refractivity contribution in [1.82, 2.24) is 4.90 Å². The summed E-state index contributed by atoms with van der Waals surface area (Å²) in [4.78, 5) is 14.3. The fourth-order valence-corrected chi connectivity index (χ4v) is 3.58. The lowest BCUT2D eigenvalue weighted by atomic mass is 9.88. The van der Waals surface area contributed by atoms with Crippen LogP contribution in [0, 0.1) is 11.5 Å². The van der Waals surface area contributed by atoms with Gasteiger partial charge in [-0.1, -0.05) is 37.2 Å². The SMILES string of the molecule is CC(C)=CCC[C@](O)(C#C[Si](C)(C)C)[C@H]1CCCN1C(=O)OC(C)(C)C. The third-order valence-corrected chi connectivity index (χ3v) is 5.04. The minimum atomic E-state index is -1.64. The predicted molar refractivity (Wildman–Crippen MR) is 111 cm³/mol. The predicted octanol–water partition coefficient (Wildman–Crippen LogP) is 4.74. The molecule has 1 aliphatic heterocycles. The molecule has 26 heavy (non-hydrogen) atoms. The number of amides is 1. The largest absolute Gasteiger partial charge is 0.444 e. The molecule has 0 aromatic heterocycles. The molecule has 1 amide bonds. The Balaban J connectivity index is 3.12. The van der Waals surface area contributed by atoms with Gasteiger partial charge in [-0.15, -0.1) is 5.54 Å². The molecule has 1 aliphatic rings. The Labute approximate surface area is 161 Å².